The first-order valence-electron chi connectivity index (χ1n) is 7.49. The van der Waals surface area contributed by atoms with E-state index in [9.17, 15) is 5.11 Å². The fourth-order valence-corrected chi connectivity index (χ4v) is 3.06. The maximum atomic E-state index is 10.9. The largest absolute Gasteiger partial charge is 0.491 e. The highest BCUT2D eigenvalue weighted by atomic mass is 16.5. The Morgan fingerprint density at radius 3 is 2.53 bits per heavy atom. The summed E-state index contributed by atoms with van der Waals surface area (Å²) in [7, 11) is 0. The van der Waals surface area contributed by atoms with Crippen molar-refractivity contribution in [2.75, 3.05) is 0 Å². The molecule has 1 aromatic rings. The number of hydrogen-bond acceptors (Lipinski definition) is 2. The van der Waals surface area contributed by atoms with Crippen LogP contribution in [0.4, 0.5) is 0 Å². The van der Waals surface area contributed by atoms with Gasteiger partial charge in [-0.3, -0.25) is 0 Å². The van der Waals surface area contributed by atoms with Crippen molar-refractivity contribution in [1.82, 2.24) is 0 Å². The lowest BCUT2D eigenvalue weighted by Gasteiger charge is -2.36. The molecule has 0 aliphatic heterocycles. The van der Waals surface area contributed by atoms with Crippen LogP contribution in [0.3, 0.4) is 0 Å². The molecule has 1 aliphatic rings. The van der Waals surface area contributed by atoms with Gasteiger partial charge < -0.3 is 9.84 Å². The predicted octanol–water partition coefficient (Wildman–Crippen LogP) is 4.26. The predicted molar refractivity (Wildman–Crippen MR) is 78.4 cm³/mol. The zero-order chi connectivity index (χ0) is 13.9. The monoisotopic (exact) mass is 262 g/mol. The lowest BCUT2D eigenvalue weighted by atomic mass is 9.74. The van der Waals surface area contributed by atoms with Crippen LogP contribution in [0.1, 0.15) is 58.4 Å². The molecule has 2 nitrogen and oxygen atoms in total. The highest BCUT2D eigenvalue weighted by Crippen LogP contribution is 2.39. The summed E-state index contributed by atoms with van der Waals surface area (Å²) < 4.78 is 5.73. The molecule has 2 rings (SSSR count). The SMILES string of the molecule is CC(C)Oc1cccc(C(C)(O)C2CCCCC2)c1. The summed E-state index contributed by atoms with van der Waals surface area (Å²) in [6.45, 7) is 6.00. The van der Waals surface area contributed by atoms with Crippen molar-refractivity contribution in [1.29, 1.82) is 0 Å². The summed E-state index contributed by atoms with van der Waals surface area (Å²) in [5.74, 6) is 1.22. The molecular formula is C17H26O2. The summed E-state index contributed by atoms with van der Waals surface area (Å²) >= 11 is 0. The molecule has 1 fully saturated rings. The van der Waals surface area contributed by atoms with E-state index >= 15 is 0 Å². The second-order valence-electron chi connectivity index (χ2n) is 6.18. The zero-order valence-corrected chi connectivity index (χ0v) is 12.4. The molecule has 106 valence electrons. The van der Waals surface area contributed by atoms with Crippen molar-refractivity contribution in [3.05, 3.63) is 29.8 Å². The molecule has 1 unspecified atom stereocenters. The molecule has 0 saturated heterocycles. The van der Waals surface area contributed by atoms with Crippen LogP contribution in [0, 0.1) is 5.92 Å². The Kier molecular flexibility index (Phi) is 4.51. The van der Waals surface area contributed by atoms with Gasteiger partial charge in [-0.1, -0.05) is 31.4 Å². The Hall–Kier alpha value is -1.02. The number of hydrogen-bond donors (Lipinski definition) is 1. The van der Waals surface area contributed by atoms with E-state index in [1.807, 2.05) is 45.0 Å². The van der Waals surface area contributed by atoms with Gasteiger partial charge in [-0.2, -0.15) is 0 Å². The Balaban J connectivity index is 2.18. The topological polar surface area (TPSA) is 29.5 Å². The second kappa shape index (κ2) is 5.96. The van der Waals surface area contributed by atoms with Crippen LogP contribution in [0.2, 0.25) is 0 Å². The third kappa shape index (κ3) is 3.50. The van der Waals surface area contributed by atoms with Gasteiger partial charge in [0.25, 0.3) is 0 Å². The Morgan fingerprint density at radius 1 is 1.21 bits per heavy atom. The average molecular weight is 262 g/mol. The summed E-state index contributed by atoms with van der Waals surface area (Å²) in [6.07, 6.45) is 6.20. The van der Waals surface area contributed by atoms with E-state index in [-0.39, 0.29) is 6.10 Å². The summed E-state index contributed by atoms with van der Waals surface area (Å²) in [5, 5.41) is 10.9. The van der Waals surface area contributed by atoms with Gasteiger partial charge in [-0.05, 0) is 57.2 Å². The summed E-state index contributed by atoms with van der Waals surface area (Å²) in [5.41, 5.74) is 0.245. The van der Waals surface area contributed by atoms with Gasteiger partial charge in [-0.25, -0.2) is 0 Å². The van der Waals surface area contributed by atoms with Crippen molar-refractivity contribution in [3.63, 3.8) is 0 Å². The van der Waals surface area contributed by atoms with Gasteiger partial charge in [0.15, 0.2) is 0 Å². The smallest absolute Gasteiger partial charge is 0.120 e. The van der Waals surface area contributed by atoms with Crippen LogP contribution in [0.15, 0.2) is 24.3 Å². The molecule has 0 heterocycles. The molecule has 0 spiro atoms. The molecule has 19 heavy (non-hydrogen) atoms. The van der Waals surface area contributed by atoms with Gasteiger partial charge >= 0.3 is 0 Å². The summed E-state index contributed by atoms with van der Waals surface area (Å²) in [6, 6.07) is 7.95. The molecule has 0 amide bonds. The van der Waals surface area contributed by atoms with Crippen molar-refractivity contribution >= 4 is 0 Å². The van der Waals surface area contributed by atoms with Crippen molar-refractivity contribution < 1.29 is 9.84 Å². The van der Waals surface area contributed by atoms with Crippen LogP contribution in [0.5, 0.6) is 5.75 Å². The minimum Gasteiger partial charge on any atom is -0.491 e. The van der Waals surface area contributed by atoms with E-state index in [0.717, 1.165) is 24.2 Å². The van der Waals surface area contributed by atoms with Gasteiger partial charge in [-0.15, -0.1) is 0 Å². The summed E-state index contributed by atoms with van der Waals surface area (Å²) in [4.78, 5) is 0. The third-order valence-electron chi connectivity index (χ3n) is 4.19. The quantitative estimate of drug-likeness (QED) is 0.878. The van der Waals surface area contributed by atoms with Gasteiger partial charge in [0.1, 0.15) is 5.75 Å². The fraction of sp³-hybridized carbons (Fsp3) is 0.647. The molecule has 0 bridgehead atoms. The molecule has 1 N–H and O–H groups in total. The Morgan fingerprint density at radius 2 is 1.89 bits per heavy atom. The lowest BCUT2D eigenvalue weighted by Crippen LogP contribution is -2.33. The average Bonchev–Trinajstić information content (AvgIpc) is 2.39. The number of aliphatic hydroxyl groups is 1. The molecule has 1 aromatic carbocycles. The molecule has 0 radical (unpaired) electrons. The Bertz CT molecular complexity index is 403. The Labute approximate surface area is 116 Å². The highest BCUT2D eigenvalue weighted by Gasteiger charge is 2.34. The first-order chi connectivity index (χ1) is 9.00. The van der Waals surface area contributed by atoms with E-state index in [4.69, 9.17) is 4.74 Å². The first kappa shape index (κ1) is 14.4. The van der Waals surface area contributed by atoms with Crippen molar-refractivity contribution in [2.24, 2.45) is 5.92 Å². The third-order valence-corrected chi connectivity index (χ3v) is 4.19. The maximum Gasteiger partial charge on any atom is 0.120 e. The van der Waals surface area contributed by atoms with Gasteiger partial charge in [0, 0.05) is 0 Å². The van der Waals surface area contributed by atoms with E-state index in [2.05, 4.69) is 0 Å². The number of rotatable bonds is 4. The van der Waals surface area contributed by atoms with Crippen molar-refractivity contribution in [3.8, 4) is 5.75 Å². The van der Waals surface area contributed by atoms with Crippen LogP contribution in [-0.2, 0) is 5.60 Å². The highest BCUT2D eigenvalue weighted by molar-refractivity contribution is 5.32. The maximum absolute atomic E-state index is 10.9. The van der Waals surface area contributed by atoms with E-state index in [1.54, 1.807) is 0 Å². The standard InChI is InChI=1S/C17H26O2/c1-13(2)19-16-11-7-10-15(12-16)17(3,18)14-8-5-4-6-9-14/h7,10-14,18H,4-6,8-9H2,1-3H3. The van der Waals surface area contributed by atoms with Gasteiger partial charge in [0.05, 0.1) is 11.7 Å². The molecule has 1 saturated carbocycles. The van der Waals surface area contributed by atoms with E-state index in [0.29, 0.717) is 5.92 Å². The first-order valence-corrected chi connectivity index (χ1v) is 7.49. The minimum atomic E-state index is -0.739. The van der Waals surface area contributed by atoms with E-state index in [1.165, 1.54) is 19.3 Å². The second-order valence-corrected chi connectivity index (χ2v) is 6.18. The van der Waals surface area contributed by atoms with Crippen LogP contribution in [-0.4, -0.2) is 11.2 Å². The zero-order valence-electron chi connectivity index (χ0n) is 12.4. The van der Waals surface area contributed by atoms with E-state index < -0.39 is 5.60 Å². The number of ether oxygens (including phenoxy) is 1. The molecule has 1 aliphatic carbocycles. The van der Waals surface area contributed by atoms with Crippen molar-refractivity contribution in [2.45, 2.75) is 64.6 Å². The van der Waals surface area contributed by atoms with Crippen LogP contribution >= 0.6 is 0 Å². The molecular weight excluding hydrogens is 236 g/mol. The number of benzene rings is 1. The normalized spacial score (nSPS) is 20.3. The molecule has 0 aromatic heterocycles. The van der Waals surface area contributed by atoms with Crippen LogP contribution < -0.4 is 4.74 Å². The fourth-order valence-electron chi connectivity index (χ4n) is 3.06. The minimum absolute atomic E-state index is 0.162. The molecule has 2 heteroatoms. The van der Waals surface area contributed by atoms with Crippen LogP contribution in [0.25, 0.3) is 0 Å². The lowest BCUT2D eigenvalue weighted by molar-refractivity contribution is -0.0217. The van der Waals surface area contributed by atoms with Gasteiger partial charge in [0.2, 0.25) is 0 Å². The molecule has 1 atom stereocenters.